The molecule has 0 fully saturated rings. The van der Waals surface area contributed by atoms with Crippen molar-refractivity contribution < 1.29 is 4.74 Å². The third kappa shape index (κ3) is 7.68. The van der Waals surface area contributed by atoms with Crippen molar-refractivity contribution in [3.05, 3.63) is 42.0 Å². The summed E-state index contributed by atoms with van der Waals surface area (Å²) in [5, 5.41) is 14.8. The number of ether oxygens (including phenoxy) is 1. The molecule has 0 spiro atoms. The van der Waals surface area contributed by atoms with Gasteiger partial charge in [0.05, 0.1) is 6.54 Å². The molecular formula is C20H32N6O. The zero-order valence-corrected chi connectivity index (χ0v) is 16.9. The van der Waals surface area contributed by atoms with Gasteiger partial charge < -0.3 is 19.9 Å². The highest BCUT2D eigenvalue weighted by molar-refractivity contribution is 5.79. The van der Waals surface area contributed by atoms with Crippen LogP contribution in [0.3, 0.4) is 0 Å². The first-order chi connectivity index (χ1) is 13.1. The molecule has 1 aromatic heterocycles. The van der Waals surface area contributed by atoms with Gasteiger partial charge in [0.1, 0.15) is 24.5 Å². The van der Waals surface area contributed by atoms with E-state index in [0.29, 0.717) is 19.1 Å². The van der Waals surface area contributed by atoms with Gasteiger partial charge in [-0.05, 0) is 25.0 Å². The van der Waals surface area contributed by atoms with Gasteiger partial charge >= 0.3 is 0 Å². The van der Waals surface area contributed by atoms with Crippen LogP contribution in [0, 0.1) is 12.8 Å². The number of hydrogen-bond acceptors (Lipinski definition) is 4. The Morgan fingerprint density at radius 3 is 2.63 bits per heavy atom. The molecule has 0 unspecified atom stereocenters. The third-order valence-corrected chi connectivity index (χ3v) is 3.96. The molecule has 27 heavy (non-hydrogen) atoms. The highest BCUT2D eigenvalue weighted by Gasteiger charge is 2.03. The fourth-order valence-corrected chi connectivity index (χ4v) is 2.46. The molecule has 7 heteroatoms. The molecule has 2 aromatic rings. The summed E-state index contributed by atoms with van der Waals surface area (Å²) in [4.78, 5) is 4.64. The molecule has 0 saturated carbocycles. The van der Waals surface area contributed by atoms with Crippen LogP contribution in [0.4, 0.5) is 0 Å². The van der Waals surface area contributed by atoms with E-state index in [1.807, 2.05) is 12.1 Å². The van der Waals surface area contributed by atoms with Crippen molar-refractivity contribution in [3.63, 3.8) is 0 Å². The molecule has 1 aromatic carbocycles. The van der Waals surface area contributed by atoms with Crippen molar-refractivity contribution in [3.8, 4) is 5.75 Å². The molecular weight excluding hydrogens is 340 g/mol. The molecule has 0 aliphatic heterocycles. The van der Waals surface area contributed by atoms with Crippen molar-refractivity contribution in [2.24, 2.45) is 10.9 Å². The van der Waals surface area contributed by atoms with Gasteiger partial charge in [-0.2, -0.15) is 0 Å². The average Bonchev–Trinajstić information content (AvgIpc) is 3.11. The molecule has 7 nitrogen and oxygen atoms in total. The number of nitrogens with one attached hydrogen (secondary N) is 2. The quantitative estimate of drug-likeness (QED) is 0.380. The van der Waals surface area contributed by atoms with Gasteiger partial charge in [0.25, 0.3) is 0 Å². The first-order valence-electron chi connectivity index (χ1n) is 9.66. The minimum Gasteiger partial charge on any atom is -0.492 e. The van der Waals surface area contributed by atoms with Crippen molar-refractivity contribution in [2.45, 2.75) is 40.7 Å². The molecule has 2 N–H and O–H groups in total. The summed E-state index contributed by atoms with van der Waals surface area (Å²) >= 11 is 0. The maximum absolute atomic E-state index is 5.76. The van der Waals surface area contributed by atoms with Gasteiger partial charge in [-0.15, -0.1) is 10.2 Å². The number of nitrogens with zero attached hydrogens (tertiary/aromatic N) is 4. The van der Waals surface area contributed by atoms with Crippen LogP contribution in [0.5, 0.6) is 5.75 Å². The second-order valence-electron chi connectivity index (χ2n) is 6.89. The monoisotopic (exact) mass is 372 g/mol. The van der Waals surface area contributed by atoms with Crippen molar-refractivity contribution in [1.29, 1.82) is 0 Å². The lowest BCUT2D eigenvalue weighted by Crippen LogP contribution is -2.41. The van der Waals surface area contributed by atoms with Crippen LogP contribution in [0.15, 0.2) is 35.6 Å². The maximum atomic E-state index is 5.76. The Balaban J connectivity index is 1.77. The van der Waals surface area contributed by atoms with Crippen LogP contribution in [0.25, 0.3) is 0 Å². The predicted molar refractivity (Wildman–Crippen MR) is 109 cm³/mol. The maximum Gasteiger partial charge on any atom is 0.191 e. The van der Waals surface area contributed by atoms with Gasteiger partial charge in [0.2, 0.25) is 0 Å². The molecule has 0 aliphatic carbocycles. The summed E-state index contributed by atoms with van der Waals surface area (Å²) in [7, 11) is 0. The number of benzene rings is 1. The molecule has 1 heterocycles. The van der Waals surface area contributed by atoms with Crippen molar-refractivity contribution >= 4 is 5.96 Å². The van der Waals surface area contributed by atoms with E-state index < -0.39 is 0 Å². The largest absolute Gasteiger partial charge is 0.492 e. The minimum absolute atomic E-state index is 0.511. The summed E-state index contributed by atoms with van der Waals surface area (Å²) < 4.78 is 7.83. The molecule has 0 atom stereocenters. The van der Waals surface area contributed by atoms with E-state index in [4.69, 9.17) is 4.74 Å². The lowest BCUT2D eigenvalue weighted by molar-refractivity contribution is 0.321. The highest BCUT2D eigenvalue weighted by Crippen LogP contribution is 2.10. The van der Waals surface area contributed by atoms with Gasteiger partial charge in [-0.1, -0.05) is 38.5 Å². The minimum atomic E-state index is 0.511. The SMILES string of the molecule is CCc1nncn1CCNC(=NCC(C)C)NCCOc1ccc(C)cc1. The van der Waals surface area contributed by atoms with Crippen LogP contribution in [0.2, 0.25) is 0 Å². The number of aromatic nitrogens is 3. The summed E-state index contributed by atoms with van der Waals surface area (Å²) in [5.74, 6) is 3.20. The summed E-state index contributed by atoms with van der Waals surface area (Å²) in [6.45, 7) is 12.1. The van der Waals surface area contributed by atoms with E-state index in [1.54, 1.807) is 6.33 Å². The van der Waals surface area contributed by atoms with E-state index in [2.05, 4.69) is 70.2 Å². The van der Waals surface area contributed by atoms with E-state index in [9.17, 15) is 0 Å². The Morgan fingerprint density at radius 1 is 1.19 bits per heavy atom. The summed E-state index contributed by atoms with van der Waals surface area (Å²) in [6.07, 6.45) is 2.65. The lowest BCUT2D eigenvalue weighted by atomic mass is 10.2. The van der Waals surface area contributed by atoms with Gasteiger partial charge in [0, 0.05) is 26.1 Å². The highest BCUT2D eigenvalue weighted by atomic mass is 16.5. The molecule has 0 radical (unpaired) electrons. The Labute approximate surface area is 162 Å². The lowest BCUT2D eigenvalue weighted by Gasteiger charge is -2.14. The van der Waals surface area contributed by atoms with Crippen LogP contribution < -0.4 is 15.4 Å². The standard InChI is InChI=1S/C20H32N6O/c1-5-19-25-24-15-26(19)12-10-21-20(23-14-16(2)3)22-11-13-27-18-8-6-17(4)7-9-18/h6-9,15-16H,5,10-14H2,1-4H3,(H2,21,22,23). The topological polar surface area (TPSA) is 76.4 Å². The molecule has 0 aliphatic rings. The van der Waals surface area contributed by atoms with Crippen LogP contribution in [-0.2, 0) is 13.0 Å². The first-order valence-corrected chi connectivity index (χ1v) is 9.66. The van der Waals surface area contributed by atoms with Gasteiger partial charge in [0.15, 0.2) is 5.96 Å². The van der Waals surface area contributed by atoms with E-state index in [-0.39, 0.29) is 0 Å². The summed E-state index contributed by atoms with van der Waals surface area (Å²) in [6, 6.07) is 8.09. The second kappa shape index (κ2) is 11.2. The fraction of sp³-hybridized carbons (Fsp3) is 0.550. The number of guanidine groups is 1. The Kier molecular flexibility index (Phi) is 8.61. The smallest absolute Gasteiger partial charge is 0.191 e. The molecule has 148 valence electrons. The Morgan fingerprint density at radius 2 is 1.93 bits per heavy atom. The van der Waals surface area contributed by atoms with E-state index in [0.717, 1.165) is 43.6 Å². The number of aryl methyl sites for hydroxylation is 2. The average molecular weight is 373 g/mol. The van der Waals surface area contributed by atoms with Crippen LogP contribution >= 0.6 is 0 Å². The molecule has 2 rings (SSSR count). The number of hydrogen-bond donors (Lipinski definition) is 2. The number of aliphatic imine (C=N–C) groups is 1. The zero-order valence-electron chi connectivity index (χ0n) is 16.9. The second-order valence-corrected chi connectivity index (χ2v) is 6.89. The van der Waals surface area contributed by atoms with Crippen LogP contribution in [-0.4, -0.2) is 47.0 Å². The van der Waals surface area contributed by atoms with Crippen molar-refractivity contribution in [2.75, 3.05) is 26.2 Å². The van der Waals surface area contributed by atoms with E-state index in [1.165, 1.54) is 5.56 Å². The van der Waals surface area contributed by atoms with Crippen molar-refractivity contribution in [1.82, 2.24) is 25.4 Å². The third-order valence-electron chi connectivity index (χ3n) is 3.96. The normalized spacial score (nSPS) is 11.7. The summed E-state index contributed by atoms with van der Waals surface area (Å²) in [5.41, 5.74) is 1.23. The van der Waals surface area contributed by atoms with Crippen LogP contribution in [0.1, 0.15) is 32.2 Å². The van der Waals surface area contributed by atoms with E-state index >= 15 is 0 Å². The molecule has 0 saturated heterocycles. The van der Waals surface area contributed by atoms with Gasteiger partial charge in [-0.3, -0.25) is 4.99 Å². The molecule has 0 bridgehead atoms. The fourth-order valence-electron chi connectivity index (χ4n) is 2.46. The predicted octanol–water partition coefficient (Wildman–Crippen LogP) is 2.42. The zero-order chi connectivity index (χ0) is 19.5. The number of rotatable bonds is 10. The van der Waals surface area contributed by atoms with Gasteiger partial charge in [-0.25, -0.2) is 0 Å². The Bertz CT molecular complexity index is 693. The first kappa shape index (κ1) is 20.7. The molecule has 0 amide bonds. The Hall–Kier alpha value is -2.57.